The third-order valence-corrected chi connectivity index (χ3v) is 3.41. The Morgan fingerprint density at radius 1 is 1.47 bits per heavy atom. The highest BCUT2D eigenvalue weighted by Gasteiger charge is 2.34. The normalized spacial score (nSPS) is 29.1. The summed E-state index contributed by atoms with van der Waals surface area (Å²) in [5, 5.41) is 12.9. The second-order valence-electron chi connectivity index (χ2n) is 5.51. The fourth-order valence-corrected chi connectivity index (χ4v) is 2.41. The summed E-state index contributed by atoms with van der Waals surface area (Å²) in [6.45, 7) is 1.73. The van der Waals surface area contributed by atoms with Gasteiger partial charge in [-0.1, -0.05) is 0 Å². The van der Waals surface area contributed by atoms with Crippen LogP contribution in [0.15, 0.2) is 0 Å². The fourth-order valence-electron chi connectivity index (χ4n) is 2.41. The molecule has 98 valence electrons. The van der Waals surface area contributed by atoms with Crippen LogP contribution >= 0.6 is 0 Å². The van der Waals surface area contributed by atoms with Crippen LogP contribution in [0, 0.1) is 0 Å². The Morgan fingerprint density at radius 2 is 2.18 bits per heavy atom. The monoisotopic (exact) mass is 241 g/mol. The van der Waals surface area contributed by atoms with E-state index in [2.05, 4.69) is 10.2 Å². The van der Waals surface area contributed by atoms with Crippen molar-refractivity contribution in [3.8, 4) is 0 Å². The smallest absolute Gasteiger partial charge is 0.236 e. The first kappa shape index (κ1) is 12.8. The Balaban J connectivity index is 1.84. The molecular weight excluding hydrogens is 218 g/mol. The molecular formula is C12H23N3O2. The van der Waals surface area contributed by atoms with E-state index in [1.807, 2.05) is 19.0 Å². The van der Waals surface area contributed by atoms with Gasteiger partial charge in [0.1, 0.15) is 0 Å². The van der Waals surface area contributed by atoms with Crippen LogP contribution < -0.4 is 5.32 Å². The van der Waals surface area contributed by atoms with Gasteiger partial charge < -0.3 is 20.2 Å². The molecule has 1 saturated carbocycles. The summed E-state index contributed by atoms with van der Waals surface area (Å²) >= 11 is 0. The van der Waals surface area contributed by atoms with Gasteiger partial charge in [-0.3, -0.25) is 4.79 Å². The van der Waals surface area contributed by atoms with Gasteiger partial charge >= 0.3 is 0 Å². The topological polar surface area (TPSA) is 55.8 Å². The van der Waals surface area contributed by atoms with Crippen molar-refractivity contribution in [1.82, 2.24) is 15.1 Å². The number of carbonyl (C=O) groups is 1. The minimum atomic E-state index is -0.357. The van der Waals surface area contributed by atoms with E-state index < -0.39 is 0 Å². The van der Waals surface area contributed by atoms with E-state index >= 15 is 0 Å². The highest BCUT2D eigenvalue weighted by atomic mass is 16.3. The van der Waals surface area contributed by atoms with E-state index in [-0.39, 0.29) is 18.1 Å². The number of carbonyl (C=O) groups excluding carboxylic acids is 1. The highest BCUT2D eigenvalue weighted by Crippen LogP contribution is 2.20. The number of hydrogen-bond donors (Lipinski definition) is 2. The maximum atomic E-state index is 12.0. The molecule has 1 heterocycles. The van der Waals surface area contributed by atoms with Crippen molar-refractivity contribution >= 4 is 5.91 Å². The van der Waals surface area contributed by atoms with Crippen molar-refractivity contribution in [3.05, 3.63) is 0 Å². The molecule has 17 heavy (non-hydrogen) atoms. The molecule has 0 bridgehead atoms. The largest absolute Gasteiger partial charge is 0.391 e. The third-order valence-electron chi connectivity index (χ3n) is 3.41. The molecule has 2 aliphatic rings. The SMILES string of the molecule is CN(C)CC1CC(O)CN1C(=O)CNC1CC1. The summed E-state index contributed by atoms with van der Waals surface area (Å²) in [7, 11) is 3.99. The highest BCUT2D eigenvalue weighted by molar-refractivity contribution is 5.79. The number of aliphatic hydroxyl groups is 1. The first-order valence-electron chi connectivity index (χ1n) is 6.42. The van der Waals surface area contributed by atoms with Gasteiger partial charge in [-0.25, -0.2) is 0 Å². The van der Waals surface area contributed by atoms with Gasteiger partial charge in [0.25, 0.3) is 0 Å². The quantitative estimate of drug-likeness (QED) is 0.666. The van der Waals surface area contributed by atoms with Gasteiger partial charge in [-0.05, 0) is 33.4 Å². The van der Waals surface area contributed by atoms with E-state index in [9.17, 15) is 9.90 Å². The number of nitrogens with zero attached hydrogens (tertiary/aromatic N) is 2. The number of likely N-dealkylation sites (tertiary alicyclic amines) is 1. The molecule has 5 heteroatoms. The molecule has 0 aromatic rings. The molecule has 1 aliphatic carbocycles. The molecule has 0 radical (unpaired) electrons. The van der Waals surface area contributed by atoms with Crippen LogP contribution in [0.25, 0.3) is 0 Å². The lowest BCUT2D eigenvalue weighted by atomic mass is 10.2. The Morgan fingerprint density at radius 3 is 2.76 bits per heavy atom. The zero-order valence-electron chi connectivity index (χ0n) is 10.7. The van der Waals surface area contributed by atoms with Crippen molar-refractivity contribution in [1.29, 1.82) is 0 Å². The van der Waals surface area contributed by atoms with E-state index in [1.165, 1.54) is 12.8 Å². The summed E-state index contributed by atoms with van der Waals surface area (Å²) in [4.78, 5) is 15.9. The molecule has 0 spiro atoms. The Hall–Kier alpha value is -0.650. The summed E-state index contributed by atoms with van der Waals surface area (Å²) in [6, 6.07) is 0.715. The lowest BCUT2D eigenvalue weighted by Crippen LogP contribution is -2.45. The zero-order valence-corrected chi connectivity index (χ0v) is 10.7. The second kappa shape index (κ2) is 5.33. The number of nitrogens with one attached hydrogen (secondary N) is 1. The van der Waals surface area contributed by atoms with Crippen molar-refractivity contribution in [2.24, 2.45) is 0 Å². The Kier molecular flexibility index (Phi) is 4.01. The number of likely N-dealkylation sites (N-methyl/N-ethyl adjacent to an activating group) is 1. The fraction of sp³-hybridized carbons (Fsp3) is 0.917. The van der Waals surface area contributed by atoms with Crippen molar-refractivity contribution in [3.63, 3.8) is 0 Å². The summed E-state index contributed by atoms with van der Waals surface area (Å²) in [5.41, 5.74) is 0. The molecule has 2 atom stereocenters. The lowest BCUT2D eigenvalue weighted by molar-refractivity contribution is -0.131. The number of amides is 1. The molecule has 2 unspecified atom stereocenters. The molecule has 2 rings (SSSR count). The molecule has 2 N–H and O–H groups in total. The second-order valence-corrected chi connectivity index (χ2v) is 5.51. The van der Waals surface area contributed by atoms with E-state index in [0.29, 0.717) is 25.6 Å². The van der Waals surface area contributed by atoms with Gasteiger partial charge in [0.15, 0.2) is 0 Å². The first-order chi connectivity index (χ1) is 8.06. The standard InChI is InChI=1S/C12H23N3O2/c1-14(2)7-10-5-11(16)8-15(10)12(17)6-13-9-3-4-9/h9-11,13,16H,3-8H2,1-2H3. The molecule has 1 aliphatic heterocycles. The number of rotatable bonds is 5. The number of aliphatic hydroxyl groups excluding tert-OH is 1. The summed E-state index contributed by atoms with van der Waals surface area (Å²) in [5.74, 6) is 0.125. The van der Waals surface area contributed by atoms with Crippen LogP contribution in [-0.2, 0) is 4.79 Å². The minimum Gasteiger partial charge on any atom is -0.391 e. The predicted octanol–water partition coefficient (Wildman–Crippen LogP) is -0.738. The molecule has 1 amide bonds. The van der Waals surface area contributed by atoms with E-state index in [0.717, 1.165) is 6.54 Å². The molecule has 5 nitrogen and oxygen atoms in total. The van der Waals surface area contributed by atoms with Gasteiger partial charge in [0.05, 0.1) is 12.6 Å². The molecule has 0 aromatic carbocycles. The number of β-amino-alcohol motifs (C(OH)–C–C–N with tert-alkyl or cyclic N) is 1. The first-order valence-corrected chi connectivity index (χ1v) is 6.42. The van der Waals surface area contributed by atoms with Crippen LogP contribution in [0.2, 0.25) is 0 Å². The van der Waals surface area contributed by atoms with Crippen molar-refractivity contribution in [2.45, 2.75) is 37.5 Å². The van der Waals surface area contributed by atoms with E-state index in [1.54, 1.807) is 0 Å². The van der Waals surface area contributed by atoms with E-state index in [4.69, 9.17) is 0 Å². The zero-order chi connectivity index (χ0) is 12.4. The minimum absolute atomic E-state index is 0.125. The van der Waals surface area contributed by atoms with Crippen LogP contribution in [0.4, 0.5) is 0 Å². The van der Waals surface area contributed by atoms with Gasteiger partial charge in [-0.15, -0.1) is 0 Å². The van der Waals surface area contributed by atoms with Crippen molar-refractivity contribution < 1.29 is 9.90 Å². The molecule has 1 saturated heterocycles. The Bertz CT molecular complexity index is 279. The van der Waals surface area contributed by atoms with Gasteiger partial charge in [-0.2, -0.15) is 0 Å². The Labute approximate surface area is 103 Å². The van der Waals surface area contributed by atoms with Crippen molar-refractivity contribution in [2.75, 3.05) is 33.7 Å². The van der Waals surface area contributed by atoms with Gasteiger partial charge in [0.2, 0.25) is 5.91 Å². The third kappa shape index (κ3) is 3.66. The predicted molar refractivity (Wildman–Crippen MR) is 65.7 cm³/mol. The summed E-state index contributed by atoms with van der Waals surface area (Å²) < 4.78 is 0. The van der Waals surface area contributed by atoms with Crippen LogP contribution in [-0.4, -0.2) is 72.7 Å². The maximum Gasteiger partial charge on any atom is 0.236 e. The lowest BCUT2D eigenvalue weighted by Gasteiger charge is -2.27. The van der Waals surface area contributed by atoms with Gasteiger partial charge in [0, 0.05) is 25.2 Å². The van der Waals surface area contributed by atoms with Crippen LogP contribution in [0.1, 0.15) is 19.3 Å². The summed E-state index contributed by atoms with van der Waals surface area (Å²) in [6.07, 6.45) is 2.73. The average molecular weight is 241 g/mol. The number of hydrogen-bond acceptors (Lipinski definition) is 4. The average Bonchev–Trinajstić information content (AvgIpc) is 2.99. The van der Waals surface area contributed by atoms with Crippen LogP contribution in [0.3, 0.4) is 0 Å². The molecule has 0 aromatic heterocycles. The van der Waals surface area contributed by atoms with Crippen LogP contribution in [0.5, 0.6) is 0 Å². The maximum absolute atomic E-state index is 12.0. The molecule has 2 fully saturated rings.